The Morgan fingerprint density at radius 2 is 1.84 bits per heavy atom. The summed E-state index contributed by atoms with van der Waals surface area (Å²) in [4.78, 5) is 11.7. The van der Waals surface area contributed by atoms with E-state index in [0.717, 1.165) is 5.56 Å². The molecule has 4 heteroatoms. The molecule has 0 bridgehead atoms. The van der Waals surface area contributed by atoms with Crippen molar-refractivity contribution in [2.45, 2.75) is 0 Å². The van der Waals surface area contributed by atoms with Crippen LogP contribution in [0.4, 0.5) is 4.39 Å². The van der Waals surface area contributed by atoms with E-state index in [-0.39, 0.29) is 11.7 Å². The number of carbonyl (C=O) groups excluding carboxylic acids is 1. The van der Waals surface area contributed by atoms with Crippen molar-refractivity contribution in [1.82, 2.24) is 5.32 Å². The van der Waals surface area contributed by atoms with E-state index < -0.39 is 0 Å². The minimum Gasteiger partial charge on any atom is -0.463 e. The largest absolute Gasteiger partial charge is 0.463 e. The van der Waals surface area contributed by atoms with Gasteiger partial charge in [0.25, 0.3) is 5.91 Å². The summed E-state index contributed by atoms with van der Waals surface area (Å²) in [5, 5.41) is 2.71. The Balaban J connectivity index is 1.88. The van der Waals surface area contributed by atoms with Gasteiger partial charge in [-0.25, -0.2) is 4.39 Å². The Bertz CT molecular complexity index is 679. The van der Waals surface area contributed by atoms with E-state index in [4.69, 9.17) is 4.74 Å². The molecule has 19 heavy (non-hydrogen) atoms. The summed E-state index contributed by atoms with van der Waals surface area (Å²) >= 11 is 0. The van der Waals surface area contributed by atoms with Crippen LogP contribution in [-0.4, -0.2) is 5.91 Å². The zero-order valence-electron chi connectivity index (χ0n) is 9.89. The molecule has 3 rings (SSSR count). The van der Waals surface area contributed by atoms with Crippen molar-refractivity contribution in [3.05, 3.63) is 71.7 Å². The van der Waals surface area contributed by atoms with Crippen molar-refractivity contribution in [3.63, 3.8) is 0 Å². The highest BCUT2D eigenvalue weighted by Gasteiger charge is 2.22. The molecule has 2 aromatic carbocycles. The first-order chi connectivity index (χ1) is 9.24. The second kappa shape index (κ2) is 4.57. The van der Waals surface area contributed by atoms with Gasteiger partial charge in [-0.1, -0.05) is 24.3 Å². The van der Waals surface area contributed by atoms with Gasteiger partial charge in [0.1, 0.15) is 17.8 Å². The van der Waals surface area contributed by atoms with E-state index in [9.17, 15) is 9.18 Å². The van der Waals surface area contributed by atoms with Gasteiger partial charge < -0.3 is 10.1 Å². The molecule has 0 spiro atoms. The molecule has 2 aromatic rings. The van der Waals surface area contributed by atoms with Crippen molar-refractivity contribution < 1.29 is 13.9 Å². The fourth-order valence-electron chi connectivity index (χ4n) is 1.93. The van der Waals surface area contributed by atoms with Crippen LogP contribution in [-0.2, 0) is 0 Å². The number of rotatable bonds is 2. The van der Waals surface area contributed by atoms with Gasteiger partial charge in [-0.05, 0) is 18.2 Å². The molecule has 1 aliphatic rings. The van der Waals surface area contributed by atoms with Crippen LogP contribution in [0.2, 0.25) is 0 Å². The first kappa shape index (κ1) is 11.5. The third-order valence-corrected chi connectivity index (χ3v) is 2.82. The molecule has 0 aromatic heterocycles. The van der Waals surface area contributed by atoms with Crippen molar-refractivity contribution in [2.24, 2.45) is 0 Å². The Morgan fingerprint density at radius 3 is 2.63 bits per heavy atom. The number of hydrogen-bond acceptors (Lipinski definition) is 2. The standard InChI is InChI=1S/C15H10FNO2/c16-10-4-3-5-11(8-10)19-9-14-12-6-1-2-7-13(12)15(18)17-14/h1-9H,(H,17,18)/b14-9-. The lowest BCUT2D eigenvalue weighted by Crippen LogP contribution is -2.12. The van der Waals surface area contributed by atoms with E-state index in [1.54, 1.807) is 24.3 Å². The van der Waals surface area contributed by atoms with E-state index in [1.165, 1.54) is 18.4 Å². The highest BCUT2D eigenvalue weighted by molar-refractivity contribution is 6.09. The average molecular weight is 255 g/mol. The average Bonchev–Trinajstić information content (AvgIpc) is 2.74. The molecule has 0 saturated heterocycles. The Kier molecular flexibility index (Phi) is 2.76. The van der Waals surface area contributed by atoms with Gasteiger partial charge in [0.15, 0.2) is 0 Å². The van der Waals surface area contributed by atoms with Crippen LogP contribution in [0.25, 0.3) is 5.70 Å². The molecule has 0 radical (unpaired) electrons. The maximum atomic E-state index is 13.0. The highest BCUT2D eigenvalue weighted by Crippen LogP contribution is 2.24. The van der Waals surface area contributed by atoms with Crippen LogP contribution in [0.3, 0.4) is 0 Å². The fraction of sp³-hybridized carbons (Fsp3) is 0. The van der Waals surface area contributed by atoms with Gasteiger partial charge in [0.2, 0.25) is 0 Å². The third-order valence-electron chi connectivity index (χ3n) is 2.82. The van der Waals surface area contributed by atoms with Gasteiger partial charge in [-0.3, -0.25) is 4.79 Å². The van der Waals surface area contributed by atoms with Crippen molar-refractivity contribution in [1.29, 1.82) is 0 Å². The summed E-state index contributed by atoms with van der Waals surface area (Å²) in [6.45, 7) is 0. The van der Waals surface area contributed by atoms with E-state index >= 15 is 0 Å². The van der Waals surface area contributed by atoms with Crippen LogP contribution in [0.15, 0.2) is 54.8 Å². The van der Waals surface area contributed by atoms with E-state index in [1.807, 2.05) is 12.1 Å². The number of nitrogens with one attached hydrogen (secondary N) is 1. The first-order valence-corrected chi connectivity index (χ1v) is 5.77. The quantitative estimate of drug-likeness (QED) is 0.838. The lowest BCUT2D eigenvalue weighted by Gasteiger charge is -2.03. The zero-order valence-corrected chi connectivity index (χ0v) is 9.89. The summed E-state index contributed by atoms with van der Waals surface area (Å²) in [6, 6.07) is 13.0. The molecule has 1 aliphatic heterocycles. The Morgan fingerprint density at radius 1 is 1.05 bits per heavy atom. The van der Waals surface area contributed by atoms with Gasteiger partial charge >= 0.3 is 0 Å². The predicted octanol–water partition coefficient (Wildman–Crippen LogP) is 2.95. The van der Waals surface area contributed by atoms with Crippen LogP contribution >= 0.6 is 0 Å². The summed E-state index contributed by atoms with van der Waals surface area (Å²) in [7, 11) is 0. The molecule has 0 atom stereocenters. The number of halogens is 1. The Labute approximate surface area is 109 Å². The van der Waals surface area contributed by atoms with E-state index in [0.29, 0.717) is 17.0 Å². The molecule has 1 amide bonds. The monoisotopic (exact) mass is 255 g/mol. The first-order valence-electron chi connectivity index (χ1n) is 5.77. The van der Waals surface area contributed by atoms with Crippen LogP contribution in [0.1, 0.15) is 15.9 Å². The number of carbonyl (C=O) groups is 1. The molecule has 0 unspecified atom stereocenters. The van der Waals surface area contributed by atoms with Crippen LogP contribution < -0.4 is 10.1 Å². The van der Waals surface area contributed by atoms with Crippen molar-refractivity contribution in [3.8, 4) is 5.75 Å². The number of benzene rings is 2. The minimum atomic E-state index is -0.369. The minimum absolute atomic E-state index is 0.162. The van der Waals surface area contributed by atoms with Crippen LogP contribution in [0, 0.1) is 5.82 Å². The summed E-state index contributed by atoms with van der Waals surface area (Å²) in [5.74, 6) is -0.150. The molecule has 0 aliphatic carbocycles. The number of hydrogen-bond donors (Lipinski definition) is 1. The van der Waals surface area contributed by atoms with Gasteiger partial charge in [0.05, 0.1) is 5.70 Å². The maximum Gasteiger partial charge on any atom is 0.256 e. The molecule has 94 valence electrons. The summed E-state index contributed by atoms with van der Waals surface area (Å²) in [5.41, 5.74) is 1.96. The number of amides is 1. The molecule has 1 heterocycles. The van der Waals surface area contributed by atoms with Gasteiger partial charge in [0, 0.05) is 17.2 Å². The summed E-state index contributed by atoms with van der Waals surface area (Å²) in [6.07, 6.45) is 1.42. The van der Waals surface area contributed by atoms with E-state index in [2.05, 4.69) is 5.32 Å². The molecule has 0 saturated carbocycles. The normalized spacial score (nSPS) is 15.2. The summed E-state index contributed by atoms with van der Waals surface area (Å²) < 4.78 is 18.4. The number of fused-ring (bicyclic) bond motifs is 1. The molecule has 0 fully saturated rings. The third kappa shape index (κ3) is 2.20. The molecule has 1 N–H and O–H groups in total. The van der Waals surface area contributed by atoms with Gasteiger partial charge in [-0.15, -0.1) is 0 Å². The SMILES string of the molecule is O=C1N/C(=C\Oc2cccc(F)c2)c2ccccc21. The number of ether oxygens (including phenoxy) is 1. The molecular formula is C15H10FNO2. The van der Waals surface area contributed by atoms with Crippen molar-refractivity contribution in [2.75, 3.05) is 0 Å². The predicted molar refractivity (Wildman–Crippen MR) is 68.9 cm³/mol. The fourth-order valence-corrected chi connectivity index (χ4v) is 1.93. The van der Waals surface area contributed by atoms with Gasteiger partial charge in [-0.2, -0.15) is 0 Å². The maximum absolute atomic E-state index is 13.0. The smallest absolute Gasteiger partial charge is 0.256 e. The lowest BCUT2D eigenvalue weighted by molar-refractivity contribution is 0.0980. The lowest BCUT2D eigenvalue weighted by atomic mass is 10.1. The highest BCUT2D eigenvalue weighted by atomic mass is 19.1. The zero-order chi connectivity index (χ0) is 13.2. The second-order valence-corrected chi connectivity index (χ2v) is 4.11. The Hall–Kier alpha value is -2.62. The molecular weight excluding hydrogens is 245 g/mol. The molecule has 3 nitrogen and oxygen atoms in total. The second-order valence-electron chi connectivity index (χ2n) is 4.11. The van der Waals surface area contributed by atoms with Crippen LogP contribution in [0.5, 0.6) is 5.75 Å². The topological polar surface area (TPSA) is 38.3 Å². The van der Waals surface area contributed by atoms with Crippen molar-refractivity contribution >= 4 is 11.6 Å².